The predicted octanol–water partition coefficient (Wildman–Crippen LogP) is 4.47. The third-order valence-corrected chi connectivity index (χ3v) is 4.40. The van der Waals surface area contributed by atoms with Crippen LogP contribution in [0.2, 0.25) is 0 Å². The lowest BCUT2D eigenvalue weighted by atomic mass is 9.69. The Morgan fingerprint density at radius 1 is 0.882 bits per heavy atom. The number of aromatic nitrogens is 2. The van der Waals surface area contributed by atoms with Gasteiger partial charge in [0.25, 0.3) is 0 Å². The summed E-state index contributed by atoms with van der Waals surface area (Å²) < 4.78 is 0.0855. The van der Waals surface area contributed by atoms with E-state index < -0.39 is 0 Å². The van der Waals surface area contributed by atoms with Crippen molar-refractivity contribution in [2.24, 2.45) is 5.41 Å². The molecule has 1 rings (SSSR count). The first-order chi connectivity index (χ1) is 7.46. The standard InChI is InChI=1S/C14H23IN2/c1-12(2,3)13(4,5)11-16-8-10(9-17-11)14(6,7)15/h8-9H,1-7H3. The van der Waals surface area contributed by atoms with Gasteiger partial charge in [-0.15, -0.1) is 0 Å². The molecule has 0 radical (unpaired) electrons. The average molecular weight is 346 g/mol. The van der Waals surface area contributed by atoms with E-state index in [9.17, 15) is 0 Å². The molecule has 0 aliphatic heterocycles. The van der Waals surface area contributed by atoms with Gasteiger partial charge in [0.2, 0.25) is 0 Å². The summed E-state index contributed by atoms with van der Waals surface area (Å²) in [5, 5.41) is 0. The van der Waals surface area contributed by atoms with Gasteiger partial charge in [-0.1, -0.05) is 57.2 Å². The van der Waals surface area contributed by atoms with Crippen LogP contribution in [0.3, 0.4) is 0 Å². The fourth-order valence-electron chi connectivity index (χ4n) is 1.29. The molecule has 0 bridgehead atoms. The number of halogens is 1. The molecular weight excluding hydrogens is 323 g/mol. The van der Waals surface area contributed by atoms with Gasteiger partial charge in [-0.2, -0.15) is 0 Å². The van der Waals surface area contributed by atoms with Gasteiger partial charge in [0, 0.05) is 26.8 Å². The molecule has 17 heavy (non-hydrogen) atoms. The zero-order chi connectivity index (χ0) is 13.5. The highest BCUT2D eigenvalue weighted by Crippen LogP contribution is 2.39. The van der Waals surface area contributed by atoms with Crippen LogP contribution >= 0.6 is 22.6 Å². The Balaban J connectivity index is 3.12. The number of hydrogen-bond acceptors (Lipinski definition) is 2. The van der Waals surface area contributed by atoms with E-state index in [0.717, 1.165) is 5.82 Å². The molecule has 0 saturated heterocycles. The summed E-state index contributed by atoms with van der Waals surface area (Å²) in [7, 11) is 0. The molecule has 0 aliphatic rings. The largest absolute Gasteiger partial charge is 0.240 e. The van der Waals surface area contributed by atoms with Gasteiger partial charge in [-0.05, 0) is 19.3 Å². The molecule has 1 aromatic heterocycles. The molecule has 96 valence electrons. The summed E-state index contributed by atoms with van der Waals surface area (Å²) in [6.07, 6.45) is 3.92. The van der Waals surface area contributed by atoms with Gasteiger partial charge in [0.05, 0.1) is 0 Å². The van der Waals surface area contributed by atoms with Crippen LogP contribution in [0.4, 0.5) is 0 Å². The first-order valence-electron chi connectivity index (χ1n) is 5.98. The van der Waals surface area contributed by atoms with Crippen molar-refractivity contribution in [3.63, 3.8) is 0 Å². The van der Waals surface area contributed by atoms with Crippen molar-refractivity contribution >= 4 is 22.6 Å². The second-order valence-corrected chi connectivity index (χ2v) is 9.34. The molecule has 0 unspecified atom stereocenters. The van der Waals surface area contributed by atoms with Crippen LogP contribution in [0.5, 0.6) is 0 Å². The summed E-state index contributed by atoms with van der Waals surface area (Å²) in [5.41, 5.74) is 1.29. The van der Waals surface area contributed by atoms with E-state index in [1.54, 1.807) is 0 Å². The Labute approximate surface area is 119 Å². The van der Waals surface area contributed by atoms with Gasteiger partial charge in [0.15, 0.2) is 0 Å². The van der Waals surface area contributed by atoms with Crippen molar-refractivity contribution in [2.45, 2.75) is 57.3 Å². The molecule has 0 fully saturated rings. The second kappa shape index (κ2) is 4.48. The Morgan fingerprint density at radius 3 is 1.59 bits per heavy atom. The molecule has 0 N–H and O–H groups in total. The lowest BCUT2D eigenvalue weighted by Crippen LogP contribution is -2.36. The SMILES string of the molecule is CC(C)(I)c1cnc(C(C)(C)C(C)(C)C)nc1. The molecule has 1 heterocycles. The van der Waals surface area contributed by atoms with Crippen LogP contribution in [-0.2, 0) is 8.84 Å². The summed E-state index contributed by atoms with van der Waals surface area (Å²) >= 11 is 2.41. The first kappa shape index (κ1) is 14.9. The normalized spacial score (nSPS) is 13.9. The van der Waals surface area contributed by atoms with Crippen molar-refractivity contribution in [1.29, 1.82) is 0 Å². The van der Waals surface area contributed by atoms with E-state index in [2.05, 4.69) is 81.0 Å². The Hall–Kier alpha value is -0.190. The number of rotatable bonds is 2. The minimum Gasteiger partial charge on any atom is -0.240 e. The third-order valence-electron chi connectivity index (χ3n) is 3.77. The summed E-state index contributed by atoms with van der Waals surface area (Å²) in [6.45, 7) is 15.4. The van der Waals surface area contributed by atoms with Crippen molar-refractivity contribution in [2.75, 3.05) is 0 Å². The zero-order valence-corrected chi connectivity index (χ0v) is 14.1. The second-order valence-electron chi connectivity index (χ2n) is 6.64. The highest BCUT2D eigenvalue weighted by molar-refractivity contribution is 14.1. The van der Waals surface area contributed by atoms with Crippen molar-refractivity contribution in [1.82, 2.24) is 9.97 Å². The van der Waals surface area contributed by atoms with Gasteiger partial charge >= 0.3 is 0 Å². The van der Waals surface area contributed by atoms with Crippen molar-refractivity contribution in [3.05, 3.63) is 23.8 Å². The van der Waals surface area contributed by atoms with Gasteiger partial charge in [-0.25, -0.2) is 9.97 Å². The van der Waals surface area contributed by atoms with Gasteiger partial charge in [0.1, 0.15) is 5.82 Å². The molecule has 0 spiro atoms. The molecular formula is C14H23IN2. The van der Waals surface area contributed by atoms with Crippen molar-refractivity contribution < 1.29 is 0 Å². The molecule has 3 heteroatoms. The van der Waals surface area contributed by atoms with E-state index in [4.69, 9.17) is 0 Å². The van der Waals surface area contributed by atoms with E-state index in [-0.39, 0.29) is 14.3 Å². The third kappa shape index (κ3) is 3.18. The maximum absolute atomic E-state index is 4.57. The number of alkyl halides is 1. The van der Waals surface area contributed by atoms with Gasteiger partial charge < -0.3 is 0 Å². The van der Waals surface area contributed by atoms with Crippen LogP contribution in [0.1, 0.15) is 59.9 Å². The highest BCUT2D eigenvalue weighted by atomic mass is 127. The van der Waals surface area contributed by atoms with Crippen molar-refractivity contribution in [3.8, 4) is 0 Å². The molecule has 0 atom stereocenters. The molecule has 0 aliphatic carbocycles. The Kier molecular flexibility index (Phi) is 3.92. The van der Waals surface area contributed by atoms with E-state index in [1.165, 1.54) is 5.56 Å². The monoisotopic (exact) mass is 346 g/mol. The summed E-state index contributed by atoms with van der Waals surface area (Å²) in [4.78, 5) is 9.13. The smallest absolute Gasteiger partial charge is 0.134 e. The molecule has 0 aromatic carbocycles. The number of nitrogens with zero attached hydrogens (tertiary/aromatic N) is 2. The Morgan fingerprint density at radius 2 is 1.29 bits per heavy atom. The van der Waals surface area contributed by atoms with Crippen LogP contribution in [-0.4, -0.2) is 9.97 Å². The zero-order valence-electron chi connectivity index (χ0n) is 11.9. The fourth-order valence-corrected chi connectivity index (χ4v) is 1.57. The highest BCUT2D eigenvalue weighted by Gasteiger charge is 2.37. The maximum atomic E-state index is 4.57. The first-order valence-corrected chi connectivity index (χ1v) is 7.06. The van der Waals surface area contributed by atoms with Crippen LogP contribution < -0.4 is 0 Å². The molecule has 2 nitrogen and oxygen atoms in total. The lowest BCUT2D eigenvalue weighted by Gasteiger charge is -2.37. The Bertz CT molecular complexity index is 380. The lowest BCUT2D eigenvalue weighted by molar-refractivity contribution is 0.213. The van der Waals surface area contributed by atoms with Gasteiger partial charge in [-0.3, -0.25) is 0 Å². The molecule has 1 aromatic rings. The average Bonchev–Trinajstić information content (AvgIpc) is 2.15. The van der Waals surface area contributed by atoms with Crippen LogP contribution in [0.15, 0.2) is 12.4 Å². The number of hydrogen-bond donors (Lipinski definition) is 0. The summed E-state index contributed by atoms with van der Waals surface area (Å²) in [6, 6.07) is 0. The minimum absolute atomic E-state index is 0.0268. The predicted molar refractivity (Wildman–Crippen MR) is 81.6 cm³/mol. The fraction of sp³-hybridized carbons (Fsp3) is 0.714. The quantitative estimate of drug-likeness (QED) is 0.583. The maximum Gasteiger partial charge on any atom is 0.134 e. The molecule has 0 saturated carbocycles. The topological polar surface area (TPSA) is 25.8 Å². The minimum atomic E-state index is -0.0268. The van der Waals surface area contributed by atoms with E-state index in [0.29, 0.717) is 0 Å². The van der Waals surface area contributed by atoms with Crippen LogP contribution in [0.25, 0.3) is 0 Å². The molecule has 0 amide bonds. The van der Waals surface area contributed by atoms with E-state index >= 15 is 0 Å². The summed E-state index contributed by atoms with van der Waals surface area (Å²) in [5.74, 6) is 0.925. The van der Waals surface area contributed by atoms with Crippen LogP contribution in [0, 0.1) is 5.41 Å². The van der Waals surface area contributed by atoms with E-state index in [1.807, 2.05) is 12.4 Å².